The summed E-state index contributed by atoms with van der Waals surface area (Å²) in [6.07, 6.45) is 1.05. The van der Waals surface area contributed by atoms with Crippen LogP contribution in [-0.2, 0) is 30.7 Å². The number of aromatic nitrogens is 1. The zero-order valence-electron chi connectivity index (χ0n) is 19.3. The predicted octanol–water partition coefficient (Wildman–Crippen LogP) is 2.51. The lowest BCUT2D eigenvalue weighted by Crippen LogP contribution is -2.48. The molecule has 34 heavy (non-hydrogen) atoms. The number of carbonyl (C=O) groups is 2. The van der Waals surface area contributed by atoms with Gasteiger partial charge in [-0.15, -0.1) is 0 Å². The largest absolute Gasteiger partial charge is 0.454 e. The van der Waals surface area contributed by atoms with Crippen molar-refractivity contribution in [3.05, 3.63) is 58.8 Å². The van der Waals surface area contributed by atoms with Gasteiger partial charge in [0.2, 0.25) is 0 Å². The normalized spacial score (nSPS) is 18.1. The highest BCUT2D eigenvalue weighted by molar-refractivity contribution is 7.91. The molecule has 3 aromatic rings. The lowest BCUT2D eigenvalue weighted by Gasteiger charge is -2.33. The molecule has 2 unspecified atom stereocenters. The minimum atomic E-state index is -3.16. The summed E-state index contributed by atoms with van der Waals surface area (Å²) >= 11 is 0. The number of amides is 1. The molecule has 180 valence electrons. The zero-order valence-corrected chi connectivity index (χ0v) is 20.1. The van der Waals surface area contributed by atoms with Crippen LogP contribution >= 0.6 is 0 Å². The number of nitrogens with zero attached hydrogens (tertiary/aromatic N) is 2. The zero-order chi connectivity index (χ0) is 24.5. The Morgan fingerprint density at radius 1 is 1.09 bits per heavy atom. The predicted molar refractivity (Wildman–Crippen MR) is 130 cm³/mol. The van der Waals surface area contributed by atoms with Crippen molar-refractivity contribution in [1.82, 2.24) is 9.47 Å². The lowest BCUT2D eigenvalue weighted by atomic mass is 10.1. The number of pyridine rings is 1. The van der Waals surface area contributed by atoms with E-state index >= 15 is 0 Å². The fourth-order valence-corrected chi connectivity index (χ4v) is 6.35. The molecule has 0 bridgehead atoms. The molecule has 1 aliphatic rings. The lowest BCUT2D eigenvalue weighted by molar-refractivity contribution is -0.154. The second kappa shape index (κ2) is 9.58. The summed E-state index contributed by atoms with van der Waals surface area (Å²) in [6, 6.07) is 13.5. The fraction of sp³-hybridized carbons (Fsp3) is 0.400. The number of fused-ring (bicyclic) bond motifs is 2. The monoisotopic (exact) mass is 484 g/mol. The van der Waals surface area contributed by atoms with E-state index < -0.39 is 34.4 Å². The maximum absolute atomic E-state index is 13.0. The smallest absolute Gasteiger partial charge is 0.326 e. The summed E-state index contributed by atoms with van der Waals surface area (Å²) < 4.78 is 30.9. The molecule has 0 spiro atoms. The Labute approximate surface area is 198 Å². The fourth-order valence-electron chi connectivity index (χ4n) is 4.64. The number of esters is 1. The van der Waals surface area contributed by atoms with Crippen LogP contribution in [0.25, 0.3) is 21.8 Å². The van der Waals surface area contributed by atoms with E-state index in [9.17, 15) is 22.8 Å². The first-order valence-corrected chi connectivity index (χ1v) is 13.2. The Balaban J connectivity index is 1.54. The van der Waals surface area contributed by atoms with Gasteiger partial charge in [-0.25, -0.2) is 8.42 Å². The van der Waals surface area contributed by atoms with Gasteiger partial charge in [0, 0.05) is 22.9 Å². The van der Waals surface area contributed by atoms with Crippen molar-refractivity contribution in [3.63, 3.8) is 0 Å². The molecule has 1 amide bonds. The molecule has 9 heteroatoms. The van der Waals surface area contributed by atoms with Crippen LogP contribution in [0.15, 0.2) is 53.3 Å². The molecule has 1 aliphatic heterocycles. The first-order valence-electron chi connectivity index (χ1n) is 11.4. The number of ether oxygens (including phenoxy) is 1. The van der Waals surface area contributed by atoms with E-state index in [-0.39, 0.29) is 29.5 Å². The highest BCUT2D eigenvalue weighted by atomic mass is 32.2. The topological polar surface area (TPSA) is 103 Å². The van der Waals surface area contributed by atoms with Crippen LogP contribution in [0.4, 0.5) is 0 Å². The molecule has 1 fully saturated rings. The first kappa shape index (κ1) is 23.9. The molecule has 1 aromatic heterocycles. The summed E-state index contributed by atoms with van der Waals surface area (Å²) in [5.74, 6) is -1.02. The van der Waals surface area contributed by atoms with Gasteiger partial charge >= 0.3 is 5.97 Å². The highest BCUT2D eigenvalue weighted by Crippen LogP contribution is 2.22. The summed E-state index contributed by atoms with van der Waals surface area (Å²) in [5.41, 5.74) is 1.10. The van der Waals surface area contributed by atoms with E-state index in [2.05, 4.69) is 0 Å². The Kier molecular flexibility index (Phi) is 6.74. The maximum atomic E-state index is 13.0. The molecule has 0 saturated carbocycles. The molecular formula is C25H28N2O6S. The van der Waals surface area contributed by atoms with Gasteiger partial charge in [-0.3, -0.25) is 14.4 Å². The van der Waals surface area contributed by atoms with Gasteiger partial charge in [0.25, 0.3) is 5.91 Å². The summed E-state index contributed by atoms with van der Waals surface area (Å²) in [7, 11) is -3.16. The van der Waals surface area contributed by atoms with Crippen LogP contribution in [0.1, 0.15) is 26.7 Å². The molecule has 2 atom stereocenters. The van der Waals surface area contributed by atoms with Gasteiger partial charge in [-0.1, -0.05) is 31.2 Å². The van der Waals surface area contributed by atoms with E-state index in [1.165, 1.54) is 0 Å². The second-order valence-electron chi connectivity index (χ2n) is 8.73. The molecule has 0 N–H and O–H groups in total. The van der Waals surface area contributed by atoms with Crippen molar-refractivity contribution in [1.29, 1.82) is 0 Å². The van der Waals surface area contributed by atoms with Crippen molar-refractivity contribution in [2.45, 2.75) is 45.3 Å². The van der Waals surface area contributed by atoms with Crippen molar-refractivity contribution >= 4 is 43.5 Å². The Bertz CT molecular complexity index is 1350. The van der Waals surface area contributed by atoms with Gasteiger partial charge in [0.05, 0.1) is 22.5 Å². The Morgan fingerprint density at radius 3 is 2.21 bits per heavy atom. The average molecular weight is 485 g/mol. The Morgan fingerprint density at radius 2 is 1.68 bits per heavy atom. The van der Waals surface area contributed by atoms with Crippen molar-refractivity contribution in [3.8, 4) is 0 Å². The number of para-hydroxylation sites is 2. The van der Waals surface area contributed by atoms with E-state index in [1.54, 1.807) is 58.0 Å². The first-order chi connectivity index (χ1) is 16.2. The third kappa shape index (κ3) is 4.70. The summed E-state index contributed by atoms with van der Waals surface area (Å²) in [4.78, 5) is 40.2. The van der Waals surface area contributed by atoms with E-state index in [0.29, 0.717) is 34.6 Å². The van der Waals surface area contributed by atoms with Crippen molar-refractivity contribution < 1.29 is 22.7 Å². The molecule has 0 aliphatic carbocycles. The Hall–Kier alpha value is -3.20. The van der Waals surface area contributed by atoms with E-state index in [0.717, 1.165) is 0 Å². The number of benzene rings is 2. The number of hydrogen-bond donors (Lipinski definition) is 0. The maximum Gasteiger partial charge on any atom is 0.326 e. The van der Waals surface area contributed by atoms with Gasteiger partial charge in [-0.05, 0) is 44.0 Å². The SMILES string of the molecule is CCC(C)N(C(=O)COC(=O)Cn1c2ccccc2c(=O)c2ccccc21)C1CCS(=O)(=O)C1. The highest BCUT2D eigenvalue weighted by Gasteiger charge is 2.36. The summed E-state index contributed by atoms with van der Waals surface area (Å²) in [5, 5.41) is 0.992. The van der Waals surface area contributed by atoms with E-state index in [4.69, 9.17) is 4.74 Å². The van der Waals surface area contributed by atoms with Crippen LogP contribution in [0, 0.1) is 0 Å². The minimum absolute atomic E-state index is 0.0597. The molecular weight excluding hydrogens is 456 g/mol. The summed E-state index contributed by atoms with van der Waals surface area (Å²) in [6.45, 7) is 3.15. The van der Waals surface area contributed by atoms with Gasteiger partial charge in [0.1, 0.15) is 6.54 Å². The van der Waals surface area contributed by atoms with Crippen LogP contribution in [0.2, 0.25) is 0 Å². The van der Waals surface area contributed by atoms with Gasteiger partial charge in [0.15, 0.2) is 21.9 Å². The van der Waals surface area contributed by atoms with E-state index in [1.807, 2.05) is 13.8 Å². The molecule has 1 saturated heterocycles. The number of carbonyl (C=O) groups excluding carboxylic acids is 2. The molecule has 8 nitrogen and oxygen atoms in total. The average Bonchev–Trinajstić information content (AvgIpc) is 3.19. The molecule has 0 radical (unpaired) electrons. The van der Waals surface area contributed by atoms with Crippen LogP contribution in [0.5, 0.6) is 0 Å². The molecule has 2 heterocycles. The second-order valence-corrected chi connectivity index (χ2v) is 11.0. The third-order valence-corrected chi connectivity index (χ3v) is 8.23. The van der Waals surface area contributed by atoms with Crippen LogP contribution in [0.3, 0.4) is 0 Å². The third-order valence-electron chi connectivity index (χ3n) is 6.48. The number of rotatable bonds is 7. The number of sulfone groups is 1. The molecule has 4 rings (SSSR count). The van der Waals surface area contributed by atoms with Gasteiger partial charge in [-0.2, -0.15) is 0 Å². The van der Waals surface area contributed by atoms with Crippen LogP contribution in [-0.4, -0.2) is 60.0 Å². The minimum Gasteiger partial charge on any atom is -0.454 e. The molecule has 2 aromatic carbocycles. The quantitative estimate of drug-likeness (QED) is 0.377. The van der Waals surface area contributed by atoms with Crippen molar-refractivity contribution in [2.75, 3.05) is 18.1 Å². The van der Waals surface area contributed by atoms with Crippen molar-refractivity contribution in [2.24, 2.45) is 0 Å². The number of hydrogen-bond acceptors (Lipinski definition) is 6. The standard InChI is InChI=1S/C25H28N2O6S/c1-3-17(2)27(18-12-13-34(31,32)16-18)23(28)15-33-24(29)14-26-21-10-6-4-8-19(21)25(30)20-9-5-7-11-22(20)26/h4-11,17-18H,3,12-16H2,1-2H3. The van der Waals surface area contributed by atoms with Crippen LogP contribution < -0.4 is 5.43 Å². The van der Waals surface area contributed by atoms with Gasteiger partial charge < -0.3 is 14.2 Å².